The zero-order valence-electron chi connectivity index (χ0n) is 6.66. The standard InChI is InChI=1S/C10H13N/c1-2-3-4-7-10-8-5-6-9-11-10/h2,5-6,8-9H,1,3-4,7H2. The normalized spacial score (nSPS) is 9.45. The molecule has 0 aliphatic carbocycles. The molecule has 1 heteroatoms. The van der Waals surface area contributed by atoms with E-state index in [1.165, 1.54) is 5.69 Å². The van der Waals surface area contributed by atoms with Gasteiger partial charge >= 0.3 is 0 Å². The molecule has 0 aromatic carbocycles. The van der Waals surface area contributed by atoms with E-state index in [9.17, 15) is 0 Å². The minimum absolute atomic E-state index is 1.06. The van der Waals surface area contributed by atoms with Crippen LogP contribution < -0.4 is 0 Å². The summed E-state index contributed by atoms with van der Waals surface area (Å²) in [5.41, 5.74) is 1.18. The van der Waals surface area contributed by atoms with Crippen LogP contribution in [0.1, 0.15) is 18.5 Å². The van der Waals surface area contributed by atoms with Gasteiger partial charge in [-0.15, -0.1) is 6.58 Å². The van der Waals surface area contributed by atoms with Crippen molar-refractivity contribution < 1.29 is 0 Å². The Morgan fingerprint density at radius 2 is 2.36 bits per heavy atom. The van der Waals surface area contributed by atoms with Gasteiger partial charge in [0.05, 0.1) is 0 Å². The summed E-state index contributed by atoms with van der Waals surface area (Å²) in [6.45, 7) is 3.67. The van der Waals surface area contributed by atoms with Crippen LogP contribution in [-0.4, -0.2) is 4.98 Å². The number of allylic oxidation sites excluding steroid dienone is 1. The first-order chi connectivity index (χ1) is 5.43. The molecule has 1 nitrogen and oxygen atoms in total. The molecule has 1 aromatic heterocycles. The van der Waals surface area contributed by atoms with E-state index in [-0.39, 0.29) is 0 Å². The monoisotopic (exact) mass is 147 g/mol. The molecule has 0 unspecified atom stereocenters. The molecule has 0 aliphatic rings. The molecule has 0 bridgehead atoms. The van der Waals surface area contributed by atoms with Gasteiger partial charge in [0, 0.05) is 11.9 Å². The van der Waals surface area contributed by atoms with Crippen molar-refractivity contribution in [3.05, 3.63) is 42.7 Å². The highest BCUT2D eigenvalue weighted by molar-refractivity contribution is 5.03. The van der Waals surface area contributed by atoms with Gasteiger partial charge in [0.2, 0.25) is 0 Å². The summed E-state index contributed by atoms with van der Waals surface area (Å²) < 4.78 is 0. The molecule has 0 fully saturated rings. The Bertz CT molecular complexity index is 203. The summed E-state index contributed by atoms with van der Waals surface area (Å²) >= 11 is 0. The highest BCUT2D eigenvalue weighted by Gasteiger charge is 1.89. The van der Waals surface area contributed by atoms with Crippen LogP contribution >= 0.6 is 0 Å². The average Bonchev–Trinajstić information content (AvgIpc) is 2.07. The zero-order chi connectivity index (χ0) is 7.94. The van der Waals surface area contributed by atoms with Gasteiger partial charge in [-0.2, -0.15) is 0 Å². The molecule has 0 radical (unpaired) electrons. The molecule has 58 valence electrons. The van der Waals surface area contributed by atoms with Gasteiger partial charge in [-0.05, 0) is 31.4 Å². The first-order valence-corrected chi connectivity index (χ1v) is 3.94. The summed E-state index contributed by atoms with van der Waals surface area (Å²) in [6, 6.07) is 6.02. The maximum absolute atomic E-state index is 4.22. The van der Waals surface area contributed by atoms with Gasteiger partial charge in [-0.3, -0.25) is 4.98 Å². The van der Waals surface area contributed by atoms with Gasteiger partial charge in [0.1, 0.15) is 0 Å². The summed E-state index contributed by atoms with van der Waals surface area (Å²) in [7, 11) is 0. The van der Waals surface area contributed by atoms with Crippen LogP contribution in [0.3, 0.4) is 0 Å². The first kappa shape index (κ1) is 7.99. The van der Waals surface area contributed by atoms with Gasteiger partial charge < -0.3 is 0 Å². The smallest absolute Gasteiger partial charge is 0.0403 e. The van der Waals surface area contributed by atoms with Crippen molar-refractivity contribution in [1.82, 2.24) is 4.98 Å². The minimum atomic E-state index is 1.06. The second-order valence-electron chi connectivity index (χ2n) is 2.50. The fraction of sp³-hybridized carbons (Fsp3) is 0.300. The van der Waals surface area contributed by atoms with E-state index in [4.69, 9.17) is 0 Å². The van der Waals surface area contributed by atoms with Crippen molar-refractivity contribution in [3.63, 3.8) is 0 Å². The lowest BCUT2D eigenvalue weighted by molar-refractivity contribution is 0.819. The van der Waals surface area contributed by atoms with Crippen LogP contribution in [0, 0.1) is 0 Å². The van der Waals surface area contributed by atoms with Crippen molar-refractivity contribution in [2.45, 2.75) is 19.3 Å². The first-order valence-electron chi connectivity index (χ1n) is 3.94. The Labute approximate surface area is 67.8 Å². The molecule has 1 aromatic rings. The summed E-state index contributed by atoms with van der Waals surface area (Å²) in [5, 5.41) is 0. The van der Waals surface area contributed by atoms with Gasteiger partial charge in [0.15, 0.2) is 0 Å². The minimum Gasteiger partial charge on any atom is -0.261 e. The van der Waals surface area contributed by atoms with E-state index in [2.05, 4.69) is 17.6 Å². The maximum Gasteiger partial charge on any atom is 0.0403 e. The lowest BCUT2D eigenvalue weighted by Crippen LogP contribution is -1.87. The van der Waals surface area contributed by atoms with Gasteiger partial charge in [-0.1, -0.05) is 12.1 Å². The number of hydrogen-bond acceptors (Lipinski definition) is 1. The van der Waals surface area contributed by atoms with E-state index >= 15 is 0 Å². The number of hydrogen-bond donors (Lipinski definition) is 0. The Morgan fingerprint density at radius 1 is 1.45 bits per heavy atom. The molecule has 0 N–H and O–H groups in total. The third-order valence-corrected chi connectivity index (χ3v) is 1.57. The number of nitrogens with zero attached hydrogens (tertiary/aromatic N) is 1. The zero-order valence-corrected chi connectivity index (χ0v) is 6.66. The molecule has 11 heavy (non-hydrogen) atoms. The van der Waals surface area contributed by atoms with Crippen LogP contribution in [0.15, 0.2) is 37.1 Å². The fourth-order valence-corrected chi connectivity index (χ4v) is 0.974. The van der Waals surface area contributed by atoms with Crippen LogP contribution in [0.25, 0.3) is 0 Å². The van der Waals surface area contributed by atoms with E-state index < -0.39 is 0 Å². The molecule has 0 atom stereocenters. The third kappa shape index (κ3) is 2.99. The molecular weight excluding hydrogens is 134 g/mol. The molecular formula is C10H13N. The predicted molar refractivity (Wildman–Crippen MR) is 47.4 cm³/mol. The largest absolute Gasteiger partial charge is 0.261 e. The predicted octanol–water partition coefficient (Wildman–Crippen LogP) is 2.59. The van der Waals surface area contributed by atoms with Crippen LogP contribution in [0.5, 0.6) is 0 Å². The molecule has 0 saturated carbocycles. The van der Waals surface area contributed by atoms with Crippen molar-refractivity contribution >= 4 is 0 Å². The quantitative estimate of drug-likeness (QED) is 0.471. The Kier molecular flexibility index (Phi) is 3.39. The summed E-state index contributed by atoms with van der Waals surface area (Å²) in [4.78, 5) is 4.22. The number of unbranched alkanes of at least 4 members (excludes halogenated alkanes) is 1. The Hall–Kier alpha value is -1.11. The molecule has 0 spiro atoms. The van der Waals surface area contributed by atoms with Gasteiger partial charge in [-0.25, -0.2) is 0 Å². The van der Waals surface area contributed by atoms with Crippen molar-refractivity contribution in [3.8, 4) is 0 Å². The van der Waals surface area contributed by atoms with Crippen molar-refractivity contribution in [2.24, 2.45) is 0 Å². The van der Waals surface area contributed by atoms with E-state index in [0.29, 0.717) is 0 Å². The van der Waals surface area contributed by atoms with Gasteiger partial charge in [0.25, 0.3) is 0 Å². The topological polar surface area (TPSA) is 12.9 Å². The van der Waals surface area contributed by atoms with E-state index in [1.54, 1.807) is 0 Å². The molecule has 0 saturated heterocycles. The Morgan fingerprint density at radius 3 is 3.00 bits per heavy atom. The van der Waals surface area contributed by atoms with Crippen molar-refractivity contribution in [1.29, 1.82) is 0 Å². The number of rotatable bonds is 4. The summed E-state index contributed by atoms with van der Waals surface area (Å²) in [5.74, 6) is 0. The molecule has 1 heterocycles. The van der Waals surface area contributed by atoms with E-state index in [0.717, 1.165) is 19.3 Å². The van der Waals surface area contributed by atoms with Crippen LogP contribution in [-0.2, 0) is 6.42 Å². The lowest BCUT2D eigenvalue weighted by Gasteiger charge is -1.95. The summed E-state index contributed by atoms with van der Waals surface area (Å²) in [6.07, 6.45) is 7.08. The molecule has 0 aliphatic heterocycles. The highest BCUT2D eigenvalue weighted by Crippen LogP contribution is 2.00. The maximum atomic E-state index is 4.22. The molecule has 1 rings (SSSR count). The SMILES string of the molecule is C=CCCCc1ccccn1. The van der Waals surface area contributed by atoms with Crippen LogP contribution in [0.4, 0.5) is 0 Å². The highest BCUT2D eigenvalue weighted by atomic mass is 14.7. The lowest BCUT2D eigenvalue weighted by atomic mass is 10.2. The average molecular weight is 147 g/mol. The molecule has 0 amide bonds. The number of aryl methyl sites for hydroxylation is 1. The second-order valence-corrected chi connectivity index (χ2v) is 2.50. The second kappa shape index (κ2) is 4.67. The van der Waals surface area contributed by atoms with Crippen molar-refractivity contribution in [2.75, 3.05) is 0 Å². The number of pyridine rings is 1. The third-order valence-electron chi connectivity index (χ3n) is 1.57. The van der Waals surface area contributed by atoms with E-state index in [1.807, 2.05) is 24.4 Å². The number of aromatic nitrogens is 1. The fourth-order valence-electron chi connectivity index (χ4n) is 0.974. The Balaban J connectivity index is 2.33. The van der Waals surface area contributed by atoms with Crippen LogP contribution in [0.2, 0.25) is 0 Å².